The summed E-state index contributed by atoms with van der Waals surface area (Å²) in [7, 11) is 0. The highest BCUT2D eigenvalue weighted by atomic mass is 16.5. The van der Waals surface area contributed by atoms with E-state index in [0.29, 0.717) is 6.61 Å². The molecule has 4 nitrogen and oxygen atoms in total. The standard InChI is InChI=1S/C11H21N3O/c1-2-4-13-5-3-6-14-7-8-15-11(9-12)10-14/h11,13H,2-8,10H2,1H3. The second kappa shape index (κ2) is 7.63. The Labute approximate surface area is 92.2 Å². The lowest BCUT2D eigenvalue weighted by atomic mass is 10.2. The lowest BCUT2D eigenvalue weighted by Gasteiger charge is -2.29. The van der Waals surface area contributed by atoms with Gasteiger partial charge < -0.3 is 10.1 Å². The van der Waals surface area contributed by atoms with Crippen molar-refractivity contribution < 1.29 is 4.74 Å². The van der Waals surface area contributed by atoms with Crippen LogP contribution in [0.15, 0.2) is 0 Å². The van der Waals surface area contributed by atoms with E-state index in [1.54, 1.807) is 0 Å². The topological polar surface area (TPSA) is 48.3 Å². The zero-order valence-corrected chi connectivity index (χ0v) is 9.54. The van der Waals surface area contributed by atoms with Crippen molar-refractivity contribution in [3.63, 3.8) is 0 Å². The van der Waals surface area contributed by atoms with E-state index >= 15 is 0 Å². The number of rotatable bonds is 6. The van der Waals surface area contributed by atoms with Crippen molar-refractivity contribution >= 4 is 0 Å². The van der Waals surface area contributed by atoms with Gasteiger partial charge in [0.2, 0.25) is 0 Å². The number of hydrogen-bond acceptors (Lipinski definition) is 4. The molecule has 1 unspecified atom stereocenters. The lowest BCUT2D eigenvalue weighted by molar-refractivity contribution is 0.000303. The van der Waals surface area contributed by atoms with Crippen LogP contribution in [0.4, 0.5) is 0 Å². The quantitative estimate of drug-likeness (QED) is 0.654. The average molecular weight is 211 g/mol. The Hall–Kier alpha value is -0.630. The van der Waals surface area contributed by atoms with Gasteiger partial charge in [0.05, 0.1) is 12.7 Å². The summed E-state index contributed by atoms with van der Waals surface area (Å²) in [5.41, 5.74) is 0. The summed E-state index contributed by atoms with van der Waals surface area (Å²) in [6.07, 6.45) is 2.12. The summed E-state index contributed by atoms with van der Waals surface area (Å²) >= 11 is 0. The molecular formula is C11H21N3O. The van der Waals surface area contributed by atoms with Gasteiger partial charge in [0, 0.05) is 13.1 Å². The molecule has 1 heterocycles. The highest BCUT2D eigenvalue weighted by molar-refractivity contribution is 4.89. The first-order chi connectivity index (χ1) is 7.36. The molecule has 0 aromatic rings. The van der Waals surface area contributed by atoms with Gasteiger partial charge in [-0.25, -0.2) is 0 Å². The molecule has 0 aromatic heterocycles. The zero-order chi connectivity index (χ0) is 10.9. The van der Waals surface area contributed by atoms with Crippen molar-refractivity contribution in [1.29, 1.82) is 5.26 Å². The van der Waals surface area contributed by atoms with Gasteiger partial charge in [-0.2, -0.15) is 5.26 Å². The third-order valence-corrected chi connectivity index (χ3v) is 2.55. The Bertz CT molecular complexity index is 202. The molecule has 1 N–H and O–H groups in total. The number of nitrogens with one attached hydrogen (secondary N) is 1. The van der Waals surface area contributed by atoms with Crippen LogP contribution in [0.25, 0.3) is 0 Å². The van der Waals surface area contributed by atoms with Crippen molar-refractivity contribution in [3.8, 4) is 6.07 Å². The summed E-state index contributed by atoms with van der Waals surface area (Å²) in [6.45, 7) is 7.84. The molecule has 1 aliphatic heterocycles. The lowest BCUT2D eigenvalue weighted by Crippen LogP contribution is -2.42. The van der Waals surface area contributed by atoms with Crippen LogP contribution in [-0.4, -0.2) is 50.3 Å². The van der Waals surface area contributed by atoms with Crippen LogP contribution in [-0.2, 0) is 4.74 Å². The largest absolute Gasteiger partial charge is 0.361 e. The van der Waals surface area contributed by atoms with Gasteiger partial charge in [0.1, 0.15) is 0 Å². The number of nitriles is 1. The first kappa shape index (κ1) is 12.4. The second-order valence-corrected chi connectivity index (χ2v) is 3.89. The van der Waals surface area contributed by atoms with Gasteiger partial charge in [-0.05, 0) is 32.5 Å². The normalized spacial score (nSPS) is 22.5. The minimum atomic E-state index is -0.220. The van der Waals surface area contributed by atoms with Gasteiger partial charge >= 0.3 is 0 Å². The molecule has 1 fully saturated rings. The highest BCUT2D eigenvalue weighted by Crippen LogP contribution is 2.04. The molecule has 1 rings (SSSR count). The minimum absolute atomic E-state index is 0.220. The number of hydrogen-bond donors (Lipinski definition) is 1. The van der Waals surface area contributed by atoms with Crippen molar-refractivity contribution in [2.24, 2.45) is 0 Å². The molecule has 4 heteroatoms. The highest BCUT2D eigenvalue weighted by Gasteiger charge is 2.18. The molecule has 1 aliphatic rings. The van der Waals surface area contributed by atoms with Crippen LogP contribution < -0.4 is 5.32 Å². The van der Waals surface area contributed by atoms with E-state index in [4.69, 9.17) is 10.00 Å². The van der Waals surface area contributed by atoms with Crippen molar-refractivity contribution in [1.82, 2.24) is 10.2 Å². The molecule has 15 heavy (non-hydrogen) atoms. The smallest absolute Gasteiger partial charge is 0.156 e. The molecule has 0 radical (unpaired) electrons. The number of ether oxygens (including phenoxy) is 1. The summed E-state index contributed by atoms with van der Waals surface area (Å²) in [5, 5.41) is 12.1. The molecule has 0 amide bonds. The van der Waals surface area contributed by atoms with Gasteiger partial charge in [-0.3, -0.25) is 4.90 Å². The molecule has 86 valence electrons. The zero-order valence-electron chi connectivity index (χ0n) is 9.54. The van der Waals surface area contributed by atoms with E-state index in [1.807, 2.05) is 0 Å². The molecule has 0 bridgehead atoms. The van der Waals surface area contributed by atoms with Gasteiger partial charge in [-0.15, -0.1) is 0 Å². The van der Waals surface area contributed by atoms with Gasteiger partial charge in [-0.1, -0.05) is 6.92 Å². The predicted molar refractivity (Wildman–Crippen MR) is 59.6 cm³/mol. The fraction of sp³-hybridized carbons (Fsp3) is 0.909. The summed E-state index contributed by atoms with van der Waals surface area (Å²) in [4.78, 5) is 2.31. The van der Waals surface area contributed by atoms with E-state index in [1.165, 1.54) is 6.42 Å². The van der Waals surface area contributed by atoms with Crippen LogP contribution in [0, 0.1) is 11.3 Å². The molecule has 1 atom stereocenters. The molecule has 0 aromatic carbocycles. The Morgan fingerprint density at radius 1 is 1.53 bits per heavy atom. The third kappa shape index (κ3) is 5.12. The monoisotopic (exact) mass is 211 g/mol. The fourth-order valence-electron chi connectivity index (χ4n) is 1.71. The maximum absolute atomic E-state index is 8.74. The number of morpholine rings is 1. The Morgan fingerprint density at radius 3 is 3.13 bits per heavy atom. The van der Waals surface area contributed by atoms with Crippen molar-refractivity contribution in [3.05, 3.63) is 0 Å². The van der Waals surface area contributed by atoms with Crippen molar-refractivity contribution in [2.45, 2.75) is 25.9 Å². The molecular weight excluding hydrogens is 190 g/mol. The Morgan fingerprint density at radius 2 is 2.40 bits per heavy atom. The van der Waals surface area contributed by atoms with Crippen LogP contribution in [0.1, 0.15) is 19.8 Å². The predicted octanol–water partition coefficient (Wildman–Crippen LogP) is 0.600. The molecule has 0 aliphatic carbocycles. The Kier molecular flexibility index (Phi) is 6.33. The van der Waals surface area contributed by atoms with Gasteiger partial charge in [0.15, 0.2) is 6.10 Å². The van der Waals surface area contributed by atoms with Crippen LogP contribution in [0.5, 0.6) is 0 Å². The maximum atomic E-state index is 8.74. The molecule has 0 spiro atoms. The summed E-state index contributed by atoms with van der Waals surface area (Å²) < 4.78 is 5.28. The van der Waals surface area contributed by atoms with E-state index in [0.717, 1.165) is 39.1 Å². The summed E-state index contributed by atoms with van der Waals surface area (Å²) in [6, 6.07) is 2.17. The average Bonchev–Trinajstić information content (AvgIpc) is 2.29. The summed E-state index contributed by atoms with van der Waals surface area (Å²) in [5.74, 6) is 0. The first-order valence-corrected chi connectivity index (χ1v) is 5.81. The first-order valence-electron chi connectivity index (χ1n) is 5.81. The van der Waals surface area contributed by atoms with Gasteiger partial charge in [0.25, 0.3) is 0 Å². The van der Waals surface area contributed by atoms with E-state index in [9.17, 15) is 0 Å². The number of nitrogens with zero attached hydrogens (tertiary/aromatic N) is 2. The minimum Gasteiger partial charge on any atom is -0.361 e. The molecule has 0 saturated carbocycles. The van der Waals surface area contributed by atoms with E-state index < -0.39 is 0 Å². The Balaban J connectivity index is 2.03. The van der Waals surface area contributed by atoms with Crippen LogP contribution in [0.3, 0.4) is 0 Å². The molecule has 1 saturated heterocycles. The SMILES string of the molecule is CCCNCCCN1CCOC(C#N)C1. The van der Waals surface area contributed by atoms with Crippen molar-refractivity contribution in [2.75, 3.05) is 39.3 Å². The maximum Gasteiger partial charge on any atom is 0.156 e. The van der Waals surface area contributed by atoms with Crippen LogP contribution >= 0.6 is 0 Å². The van der Waals surface area contributed by atoms with E-state index in [2.05, 4.69) is 23.2 Å². The van der Waals surface area contributed by atoms with Crippen LogP contribution in [0.2, 0.25) is 0 Å². The second-order valence-electron chi connectivity index (χ2n) is 3.89. The third-order valence-electron chi connectivity index (χ3n) is 2.55. The fourth-order valence-corrected chi connectivity index (χ4v) is 1.71. The van der Waals surface area contributed by atoms with E-state index in [-0.39, 0.29) is 6.10 Å².